The Morgan fingerprint density at radius 2 is 1.67 bits per heavy atom. The molecular formula is C25H41NO3S. The molecule has 170 valence electrons. The van der Waals surface area contributed by atoms with E-state index in [1.165, 1.54) is 49.8 Å². The average molecular weight is 436 g/mol. The molecule has 1 heterocycles. The topological polar surface area (TPSA) is 55.4 Å². The van der Waals surface area contributed by atoms with Crippen molar-refractivity contribution in [2.75, 3.05) is 11.9 Å². The van der Waals surface area contributed by atoms with Gasteiger partial charge in [-0.05, 0) is 44.1 Å². The van der Waals surface area contributed by atoms with Crippen molar-refractivity contribution >= 4 is 28.2 Å². The number of anilines is 1. The van der Waals surface area contributed by atoms with Gasteiger partial charge in [0.1, 0.15) is 5.00 Å². The highest BCUT2D eigenvalue weighted by molar-refractivity contribution is 7.17. The van der Waals surface area contributed by atoms with Crippen molar-refractivity contribution < 1.29 is 14.3 Å². The molecule has 5 heteroatoms. The van der Waals surface area contributed by atoms with Gasteiger partial charge in [-0.25, -0.2) is 4.79 Å². The van der Waals surface area contributed by atoms with Gasteiger partial charge in [-0.1, -0.05) is 71.6 Å². The van der Waals surface area contributed by atoms with Crippen LogP contribution in [-0.2, 0) is 22.4 Å². The number of nitrogens with one attached hydrogen (secondary N) is 1. The second-order valence-electron chi connectivity index (χ2n) is 8.57. The molecule has 0 spiro atoms. The third-order valence-corrected chi connectivity index (χ3v) is 7.35. The van der Waals surface area contributed by atoms with Gasteiger partial charge in [-0.15, -0.1) is 11.3 Å². The molecule has 0 saturated carbocycles. The van der Waals surface area contributed by atoms with Crippen LogP contribution in [0.4, 0.5) is 5.00 Å². The molecule has 1 amide bonds. The molecule has 2 rings (SSSR count). The molecule has 0 saturated heterocycles. The van der Waals surface area contributed by atoms with Gasteiger partial charge in [-0.3, -0.25) is 4.79 Å². The normalized spacial score (nSPS) is 15.6. The van der Waals surface area contributed by atoms with E-state index in [-0.39, 0.29) is 11.9 Å². The fraction of sp³-hybridized carbons (Fsp3) is 0.760. The molecule has 1 aliphatic carbocycles. The van der Waals surface area contributed by atoms with E-state index in [0.717, 1.165) is 44.1 Å². The molecule has 0 unspecified atom stereocenters. The molecule has 4 nitrogen and oxygen atoms in total. The maximum absolute atomic E-state index is 12.6. The summed E-state index contributed by atoms with van der Waals surface area (Å²) >= 11 is 1.59. The van der Waals surface area contributed by atoms with Gasteiger partial charge in [0.25, 0.3) is 0 Å². The number of carbonyl (C=O) groups is 2. The maximum atomic E-state index is 12.6. The molecule has 0 radical (unpaired) electrons. The third-order valence-electron chi connectivity index (χ3n) is 6.18. The number of rotatable bonds is 14. The maximum Gasteiger partial charge on any atom is 0.341 e. The third kappa shape index (κ3) is 7.72. The number of hydrogen-bond donors (Lipinski definition) is 1. The molecule has 30 heavy (non-hydrogen) atoms. The van der Waals surface area contributed by atoms with Crippen LogP contribution in [0.3, 0.4) is 0 Å². The van der Waals surface area contributed by atoms with Crippen LogP contribution < -0.4 is 5.32 Å². The Balaban J connectivity index is 1.84. The zero-order chi connectivity index (χ0) is 21.8. The number of ether oxygens (including phenoxy) is 1. The predicted octanol–water partition coefficient (Wildman–Crippen LogP) is 7.30. The minimum absolute atomic E-state index is 0.0223. The van der Waals surface area contributed by atoms with Crippen LogP contribution in [0.15, 0.2) is 0 Å². The molecule has 0 fully saturated rings. The van der Waals surface area contributed by atoms with Crippen LogP contribution >= 0.6 is 11.3 Å². The Hall–Kier alpha value is -1.36. The Morgan fingerprint density at radius 3 is 2.30 bits per heavy atom. The van der Waals surface area contributed by atoms with E-state index in [1.807, 2.05) is 6.92 Å². The monoisotopic (exact) mass is 435 g/mol. The van der Waals surface area contributed by atoms with E-state index in [2.05, 4.69) is 19.2 Å². The SMILES string of the molecule is CCCCCCCCCCCC(=O)Nc1sc2c(c1C(=O)OCC)CC[C@H](CC)C2. The van der Waals surface area contributed by atoms with Gasteiger partial charge in [0.05, 0.1) is 12.2 Å². The highest BCUT2D eigenvalue weighted by Crippen LogP contribution is 2.40. The first-order chi connectivity index (χ1) is 14.6. The van der Waals surface area contributed by atoms with Gasteiger partial charge in [0.2, 0.25) is 5.91 Å². The lowest BCUT2D eigenvalue weighted by molar-refractivity contribution is -0.116. The van der Waals surface area contributed by atoms with Crippen molar-refractivity contribution in [3.8, 4) is 0 Å². The van der Waals surface area contributed by atoms with Crippen molar-refractivity contribution in [2.45, 2.75) is 111 Å². The second kappa shape index (κ2) is 13.8. The quantitative estimate of drug-likeness (QED) is 0.246. The Bertz CT molecular complexity index is 668. The van der Waals surface area contributed by atoms with Gasteiger partial charge in [0.15, 0.2) is 0 Å². The van der Waals surface area contributed by atoms with Crippen LogP contribution in [0.25, 0.3) is 0 Å². The summed E-state index contributed by atoms with van der Waals surface area (Å²) in [5, 5.41) is 3.75. The van der Waals surface area contributed by atoms with Crippen LogP contribution in [0.1, 0.15) is 119 Å². The van der Waals surface area contributed by atoms with Crippen LogP contribution in [0.5, 0.6) is 0 Å². The molecule has 0 aromatic carbocycles. The van der Waals surface area contributed by atoms with Gasteiger partial charge < -0.3 is 10.1 Å². The number of fused-ring (bicyclic) bond motifs is 1. The molecule has 1 N–H and O–H groups in total. The number of carbonyl (C=O) groups excluding carboxylic acids is 2. The van der Waals surface area contributed by atoms with Crippen LogP contribution in [0, 0.1) is 5.92 Å². The minimum Gasteiger partial charge on any atom is -0.462 e. The first kappa shape index (κ1) is 24.9. The van der Waals surface area contributed by atoms with Crippen LogP contribution in [-0.4, -0.2) is 18.5 Å². The lowest BCUT2D eigenvalue weighted by Crippen LogP contribution is -2.17. The number of amides is 1. The van der Waals surface area contributed by atoms with Crippen molar-refractivity contribution in [1.29, 1.82) is 0 Å². The minimum atomic E-state index is -0.289. The summed E-state index contributed by atoms with van der Waals surface area (Å²) in [7, 11) is 0. The zero-order valence-electron chi connectivity index (χ0n) is 19.3. The summed E-state index contributed by atoms with van der Waals surface area (Å²) in [5.74, 6) is 0.411. The molecule has 0 bridgehead atoms. The number of esters is 1. The first-order valence-electron chi connectivity index (χ1n) is 12.2. The Kier molecular flexibility index (Phi) is 11.5. The van der Waals surface area contributed by atoms with E-state index >= 15 is 0 Å². The summed E-state index contributed by atoms with van der Waals surface area (Å²) in [4.78, 5) is 26.4. The molecule has 1 aromatic rings. The summed E-state index contributed by atoms with van der Waals surface area (Å²) in [6.07, 6.45) is 15.9. The van der Waals surface area contributed by atoms with E-state index in [9.17, 15) is 9.59 Å². The van der Waals surface area contributed by atoms with E-state index in [4.69, 9.17) is 4.74 Å². The van der Waals surface area contributed by atoms with Crippen molar-refractivity contribution in [2.24, 2.45) is 5.92 Å². The largest absolute Gasteiger partial charge is 0.462 e. The number of unbranched alkanes of at least 4 members (excludes halogenated alkanes) is 8. The summed E-state index contributed by atoms with van der Waals surface area (Å²) in [6, 6.07) is 0. The highest BCUT2D eigenvalue weighted by Gasteiger charge is 2.29. The predicted molar refractivity (Wildman–Crippen MR) is 127 cm³/mol. The fourth-order valence-corrected chi connectivity index (χ4v) is 5.66. The summed E-state index contributed by atoms with van der Waals surface area (Å²) < 4.78 is 5.30. The van der Waals surface area contributed by atoms with E-state index in [0.29, 0.717) is 29.5 Å². The lowest BCUT2D eigenvalue weighted by atomic mass is 9.85. The molecule has 1 aromatic heterocycles. The van der Waals surface area contributed by atoms with Crippen molar-refractivity contribution in [1.82, 2.24) is 0 Å². The summed E-state index contributed by atoms with van der Waals surface area (Å²) in [6.45, 7) is 6.65. The van der Waals surface area contributed by atoms with E-state index < -0.39 is 0 Å². The van der Waals surface area contributed by atoms with Gasteiger partial charge in [0, 0.05) is 11.3 Å². The molecule has 0 aliphatic heterocycles. The fourth-order valence-electron chi connectivity index (χ4n) is 4.30. The number of thiophene rings is 1. The van der Waals surface area contributed by atoms with Gasteiger partial charge >= 0.3 is 5.97 Å². The Labute approximate surface area is 187 Å². The van der Waals surface area contributed by atoms with Gasteiger partial charge in [-0.2, -0.15) is 0 Å². The average Bonchev–Trinajstić information content (AvgIpc) is 3.09. The molecule has 1 atom stereocenters. The van der Waals surface area contributed by atoms with Crippen molar-refractivity contribution in [3.05, 3.63) is 16.0 Å². The lowest BCUT2D eigenvalue weighted by Gasteiger charge is -2.20. The zero-order valence-corrected chi connectivity index (χ0v) is 20.1. The highest BCUT2D eigenvalue weighted by atomic mass is 32.1. The van der Waals surface area contributed by atoms with E-state index in [1.54, 1.807) is 11.3 Å². The first-order valence-corrected chi connectivity index (χ1v) is 13.0. The van der Waals surface area contributed by atoms with Crippen molar-refractivity contribution in [3.63, 3.8) is 0 Å². The number of hydrogen-bond acceptors (Lipinski definition) is 4. The standard InChI is InChI=1S/C25H41NO3S/c1-4-7-8-9-10-11-12-13-14-15-22(27)26-24-23(25(28)29-6-3)20-17-16-19(5-2)18-21(20)30-24/h19H,4-18H2,1-3H3,(H,26,27)/t19-/m0/s1. The molecule has 1 aliphatic rings. The molecular weight excluding hydrogens is 394 g/mol. The second-order valence-corrected chi connectivity index (χ2v) is 9.68. The Morgan fingerprint density at radius 1 is 1.00 bits per heavy atom. The summed E-state index contributed by atoms with van der Waals surface area (Å²) in [5.41, 5.74) is 1.73. The smallest absolute Gasteiger partial charge is 0.341 e. The van der Waals surface area contributed by atoms with Crippen LogP contribution in [0.2, 0.25) is 0 Å².